The molecule has 0 radical (unpaired) electrons. The third-order valence-corrected chi connectivity index (χ3v) is 5.42. The molecule has 140 valence electrons. The van der Waals surface area contributed by atoms with E-state index in [4.69, 9.17) is 4.74 Å². The topological polar surface area (TPSA) is 21.3 Å². The Hall–Kier alpha value is -1.71. The van der Waals surface area contributed by atoms with Gasteiger partial charge in [-0.25, -0.2) is 4.39 Å². The Kier molecular flexibility index (Phi) is 6.10. The van der Waals surface area contributed by atoms with Gasteiger partial charge in [0.2, 0.25) is 0 Å². The second-order valence-corrected chi connectivity index (χ2v) is 8.25. The lowest BCUT2D eigenvalue weighted by Crippen LogP contribution is -2.43. The highest BCUT2D eigenvalue weighted by molar-refractivity contribution is 5.18. The number of hydrogen-bond donors (Lipinski definition) is 1. The molecule has 0 bridgehead atoms. The summed E-state index contributed by atoms with van der Waals surface area (Å²) in [7, 11) is 0. The number of hydrogen-bond acceptors (Lipinski definition) is 2. The Labute approximate surface area is 156 Å². The van der Waals surface area contributed by atoms with Crippen LogP contribution in [0.15, 0.2) is 54.6 Å². The summed E-state index contributed by atoms with van der Waals surface area (Å²) in [5, 5.41) is 3.54. The first-order valence-corrected chi connectivity index (χ1v) is 9.60. The molecule has 1 fully saturated rings. The maximum absolute atomic E-state index is 13.0. The van der Waals surface area contributed by atoms with Crippen LogP contribution in [0.5, 0.6) is 0 Å². The summed E-state index contributed by atoms with van der Waals surface area (Å²) in [6.07, 6.45) is 4.39. The summed E-state index contributed by atoms with van der Waals surface area (Å²) in [5.41, 5.74) is 2.72. The van der Waals surface area contributed by atoms with E-state index >= 15 is 0 Å². The van der Waals surface area contributed by atoms with E-state index in [2.05, 4.69) is 49.5 Å². The molecule has 0 spiro atoms. The first kappa shape index (κ1) is 19.1. The molecule has 0 saturated carbocycles. The quantitative estimate of drug-likeness (QED) is 0.696. The zero-order valence-electron chi connectivity index (χ0n) is 15.9. The van der Waals surface area contributed by atoms with E-state index in [-0.39, 0.29) is 16.8 Å². The highest BCUT2D eigenvalue weighted by Gasteiger charge is 2.40. The Morgan fingerprint density at radius 3 is 2.42 bits per heavy atom. The Bertz CT molecular complexity index is 683. The molecule has 3 rings (SSSR count). The van der Waals surface area contributed by atoms with Crippen molar-refractivity contribution in [1.29, 1.82) is 0 Å². The van der Waals surface area contributed by atoms with E-state index in [1.807, 2.05) is 12.1 Å². The van der Waals surface area contributed by atoms with Gasteiger partial charge in [0.05, 0.1) is 5.60 Å². The first-order valence-electron chi connectivity index (χ1n) is 9.60. The summed E-state index contributed by atoms with van der Waals surface area (Å²) in [4.78, 5) is 0. The van der Waals surface area contributed by atoms with Crippen LogP contribution in [-0.2, 0) is 17.7 Å². The van der Waals surface area contributed by atoms with Crippen LogP contribution in [0.25, 0.3) is 0 Å². The molecule has 0 aliphatic carbocycles. The van der Waals surface area contributed by atoms with Gasteiger partial charge in [-0.3, -0.25) is 0 Å². The van der Waals surface area contributed by atoms with Crippen LogP contribution in [0.2, 0.25) is 0 Å². The number of rotatable bonds is 7. The van der Waals surface area contributed by atoms with E-state index < -0.39 is 0 Å². The lowest BCUT2D eigenvalue weighted by molar-refractivity contribution is -0.107. The van der Waals surface area contributed by atoms with Crippen LogP contribution in [0.1, 0.15) is 44.2 Å². The fourth-order valence-corrected chi connectivity index (χ4v) is 4.26. The predicted molar refractivity (Wildman–Crippen MR) is 105 cm³/mol. The number of halogens is 1. The van der Waals surface area contributed by atoms with E-state index in [1.165, 1.54) is 17.7 Å². The van der Waals surface area contributed by atoms with Crippen molar-refractivity contribution in [1.82, 2.24) is 5.32 Å². The van der Waals surface area contributed by atoms with E-state index in [0.29, 0.717) is 0 Å². The van der Waals surface area contributed by atoms with Gasteiger partial charge in [-0.05, 0) is 74.8 Å². The van der Waals surface area contributed by atoms with Gasteiger partial charge in [0.1, 0.15) is 5.82 Å². The standard InChI is InChI=1S/C23H30FNO/c1-22(2)18-23(13-15-26-22,16-19-6-4-3-5-7-19)12-14-25-17-20-8-10-21(24)11-9-20/h3-11,25H,12-18H2,1-2H3/t23-/m0/s1. The molecule has 0 amide bonds. The van der Waals surface area contributed by atoms with Crippen LogP contribution in [0.3, 0.4) is 0 Å². The normalized spacial score (nSPS) is 22.3. The molecule has 3 heteroatoms. The lowest BCUT2D eigenvalue weighted by Gasteiger charge is -2.45. The van der Waals surface area contributed by atoms with Crippen LogP contribution in [0.4, 0.5) is 4.39 Å². The SMILES string of the molecule is CC1(C)C[C@](CCNCc2ccc(F)cc2)(Cc2ccccc2)CCO1. The molecule has 2 aromatic carbocycles. The average Bonchev–Trinajstić information content (AvgIpc) is 2.60. The van der Waals surface area contributed by atoms with Gasteiger partial charge in [0.25, 0.3) is 0 Å². The maximum atomic E-state index is 13.0. The molecule has 1 saturated heterocycles. The van der Waals surface area contributed by atoms with Gasteiger partial charge in [0.15, 0.2) is 0 Å². The van der Waals surface area contributed by atoms with Crippen molar-refractivity contribution in [2.75, 3.05) is 13.2 Å². The molecule has 2 aromatic rings. The first-order chi connectivity index (χ1) is 12.5. The molecule has 26 heavy (non-hydrogen) atoms. The molecule has 0 aromatic heterocycles. The molecule has 1 heterocycles. The van der Waals surface area contributed by atoms with Gasteiger partial charge in [0, 0.05) is 13.2 Å². The Morgan fingerprint density at radius 1 is 1.00 bits per heavy atom. The van der Waals surface area contributed by atoms with Crippen LogP contribution >= 0.6 is 0 Å². The summed E-state index contributed by atoms with van der Waals surface area (Å²) < 4.78 is 19.0. The smallest absolute Gasteiger partial charge is 0.123 e. The summed E-state index contributed by atoms with van der Waals surface area (Å²) in [5.74, 6) is -0.181. The zero-order chi connectivity index (χ0) is 18.5. The van der Waals surface area contributed by atoms with Crippen molar-refractivity contribution in [3.8, 4) is 0 Å². The fourth-order valence-electron chi connectivity index (χ4n) is 4.26. The molecule has 1 aliphatic rings. The molecule has 1 atom stereocenters. The van der Waals surface area contributed by atoms with Gasteiger partial charge in [-0.2, -0.15) is 0 Å². The van der Waals surface area contributed by atoms with Crippen LogP contribution in [0, 0.1) is 11.2 Å². The predicted octanol–water partition coefficient (Wildman–Crippen LogP) is 5.12. The summed E-state index contributed by atoms with van der Waals surface area (Å²) in [6.45, 7) is 6.98. The molecular weight excluding hydrogens is 325 g/mol. The molecular formula is C23H30FNO. The monoisotopic (exact) mass is 355 g/mol. The van der Waals surface area contributed by atoms with Gasteiger partial charge >= 0.3 is 0 Å². The van der Waals surface area contributed by atoms with Crippen molar-refractivity contribution in [2.45, 2.75) is 51.7 Å². The molecule has 1 N–H and O–H groups in total. The minimum Gasteiger partial charge on any atom is -0.376 e. The molecule has 2 nitrogen and oxygen atoms in total. The third-order valence-electron chi connectivity index (χ3n) is 5.42. The van der Waals surface area contributed by atoms with Crippen LogP contribution in [-0.4, -0.2) is 18.8 Å². The minimum atomic E-state index is -0.181. The van der Waals surface area contributed by atoms with Crippen molar-refractivity contribution < 1.29 is 9.13 Å². The highest BCUT2D eigenvalue weighted by Crippen LogP contribution is 2.43. The van der Waals surface area contributed by atoms with Crippen molar-refractivity contribution in [3.63, 3.8) is 0 Å². The highest BCUT2D eigenvalue weighted by atomic mass is 19.1. The fraction of sp³-hybridized carbons (Fsp3) is 0.478. The number of ether oxygens (including phenoxy) is 1. The molecule has 1 aliphatic heterocycles. The van der Waals surface area contributed by atoms with Crippen molar-refractivity contribution in [2.24, 2.45) is 5.41 Å². The number of benzene rings is 2. The minimum absolute atomic E-state index is 0.0655. The zero-order valence-corrected chi connectivity index (χ0v) is 15.9. The summed E-state index contributed by atoms with van der Waals surface area (Å²) in [6, 6.07) is 17.5. The lowest BCUT2D eigenvalue weighted by atomic mass is 9.68. The average molecular weight is 355 g/mol. The Morgan fingerprint density at radius 2 is 1.73 bits per heavy atom. The van der Waals surface area contributed by atoms with Crippen molar-refractivity contribution in [3.05, 3.63) is 71.5 Å². The Balaban J connectivity index is 1.61. The molecule has 0 unspecified atom stereocenters. The van der Waals surface area contributed by atoms with E-state index in [9.17, 15) is 4.39 Å². The van der Waals surface area contributed by atoms with Crippen LogP contribution < -0.4 is 5.32 Å². The van der Waals surface area contributed by atoms with Gasteiger partial charge < -0.3 is 10.1 Å². The largest absolute Gasteiger partial charge is 0.376 e. The van der Waals surface area contributed by atoms with E-state index in [1.54, 1.807) is 0 Å². The third kappa shape index (κ3) is 5.39. The van der Waals surface area contributed by atoms with Gasteiger partial charge in [-0.1, -0.05) is 42.5 Å². The van der Waals surface area contributed by atoms with Crippen molar-refractivity contribution >= 4 is 0 Å². The number of nitrogens with one attached hydrogen (secondary N) is 1. The second-order valence-electron chi connectivity index (χ2n) is 8.25. The second kappa shape index (κ2) is 8.32. The maximum Gasteiger partial charge on any atom is 0.123 e. The van der Waals surface area contributed by atoms with Gasteiger partial charge in [-0.15, -0.1) is 0 Å². The summed E-state index contributed by atoms with van der Waals surface area (Å²) >= 11 is 0. The van der Waals surface area contributed by atoms with E-state index in [0.717, 1.165) is 50.9 Å².